The monoisotopic (exact) mass is 329 g/mol. The number of benzene rings is 2. The van der Waals surface area contributed by atoms with Crippen LogP contribution in [0.4, 0.5) is 0 Å². The van der Waals surface area contributed by atoms with Crippen LogP contribution in [0.2, 0.25) is 0 Å². The van der Waals surface area contributed by atoms with Crippen LogP contribution >= 0.6 is 0 Å². The van der Waals surface area contributed by atoms with Crippen molar-refractivity contribution in [2.45, 2.75) is 19.4 Å². The van der Waals surface area contributed by atoms with Gasteiger partial charge in [0, 0.05) is 6.54 Å². The summed E-state index contributed by atoms with van der Waals surface area (Å²) in [6, 6.07) is 17.2. The molecule has 0 saturated carbocycles. The number of ether oxygens (including phenoxy) is 2. The molecule has 5 nitrogen and oxygen atoms in total. The largest absolute Gasteiger partial charge is 0.492 e. The molecule has 2 aromatic rings. The Morgan fingerprint density at radius 1 is 1.08 bits per heavy atom. The minimum absolute atomic E-state index is 0.579. The van der Waals surface area contributed by atoms with Crippen molar-refractivity contribution in [3.05, 3.63) is 60.2 Å². The van der Waals surface area contributed by atoms with Crippen LogP contribution in [0.15, 0.2) is 54.6 Å². The van der Waals surface area contributed by atoms with Crippen molar-refractivity contribution >= 4 is 5.97 Å². The van der Waals surface area contributed by atoms with Gasteiger partial charge in [-0.1, -0.05) is 30.3 Å². The number of carboxylic acids is 1. The summed E-state index contributed by atoms with van der Waals surface area (Å²) in [6.07, 6.45) is -0.0159. The van der Waals surface area contributed by atoms with E-state index in [1.807, 2.05) is 48.5 Å². The molecule has 0 aliphatic carbocycles. The molecule has 0 fully saturated rings. The van der Waals surface area contributed by atoms with Crippen molar-refractivity contribution < 1.29 is 19.4 Å². The maximum atomic E-state index is 10.8. The van der Waals surface area contributed by atoms with E-state index in [1.54, 1.807) is 6.07 Å². The summed E-state index contributed by atoms with van der Waals surface area (Å²) in [5, 5.41) is 12.2. The first kappa shape index (κ1) is 17.8. The number of para-hydroxylation sites is 1. The third-order valence-electron chi connectivity index (χ3n) is 3.44. The molecule has 0 aliphatic rings. The molecule has 1 unspecified atom stereocenters. The lowest BCUT2D eigenvalue weighted by atomic mass is 10.1. The summed E-state index contributed by atoms with van der Waals surface area (Å²) in [7, 11) is 0. The lowest BCUT2D eigenvalue weighted by Gasteiger charge is -2.12. The number of hydrogen-bond donors (Lipinski definition) is 2. The number of carbonyl (C=O) groups is 1. The Bertz CT molecular complexity index is 630. The smallest absolute Gasteiger partial charge is 0.344 e. The van der Waals surface area contributed by atoms with E-state index in [4.69, 9.17) is 14.6 Å². The highest BCUT2D eigenvalue weighted by Gasteiger charge is 2.12. The maximum absolute atomic E-state index is 10.8. The molecule has 0 radical (unpaired) electrons. The van der Waals surface area contributed by atoms with Crippen LogP contribution in [-0.2, 0) is 11.2 Å². The number of carboxylic acid groups (broad SMARTS) is 1. The zero-order valence-corrected chi connectivity index (χ0v) is 13.8. The fraction of sp³-hybridized carbons (Fsp3) is 0.316. The first-order valence-corrected chi connectivity index (χ1v) is 8.02. The molecule has 128 valence electrons. The molecule has 5 heteroatoms. The Morgan fingerprint density at radius 2 is 1.83 bits per heavy atom. The molecule has 0 aromatic heterocycles. The number of rotatable bonds is 10. The lowest BCUT2D eigenvalue weighted by Crippen LogP contribution is -2.24. The number of hydrogen-bond acceptors (Lipinski definition) is 4. The predicted octanol–water partition coefficient (Wildman–Crippen LogP) is 2.75. The molecule has 24 heavy (non-hydrogen) atoms. The van der Waals surface area contributed by atoms with Crippen molar-refractivity contribution in [2.75, 3.05) is 19.7 Å². The molecule has 0 amide bonds. The molecule has 2 aromatic carbocycles. The second kappa shape index (κ2) is 9.57. The highest BCUT2D eigenvalue weighted by atomic mass is 16.5. The van der Waals surface area contributed by atoms with Crippen LogP contribution in [-0.4, -0.2) is 36.9 Å². The van der Waals surface area contributed by atoms with E-state index in [9.17, 15) is 4.79 Å². The summed E-state index contributed by atoms with van der Waals surface area (Å²) in [6.45, 7) is 3.71. The molecule has 0 heterocycles. The summed E-state index contributed by atoms with van der Waals surface area (Å²) in [5.74, 6) is 0.479. The van der Waals surface area contributed by atoms with E-state index in [1.165, 1.54) is 6.92 Å². The van der Waals surface area contributed by atoms with Crippen LogP contribution in [0.5, 0.6) is 11.5 Å². The van der Waals surface area contributed by atoms with Gasteiger partial charge in [0.2, 0.25) is 0 Å². The van der Waals surface area contributed by atoms with Crippen molar-refractivity contribution in [1.29, 1.82) is 0 Å². The summed E-state index contributed by atoms with van der Waals surface area (Å²) in [5.41, 5.74) is 1.10. The molecular weight excluding hydrogens is 306 g/mol. The van der Waals surface area contributed by atoms with Crippen molar-refractivity contribution in [2.24, 2.45) is 0 Å². The average molecular weight is 329 g/mol. The fourth-order valence-electron chi connectivity index (χ4n) is 2.14. The number of nitrogens with one attached hydrogen (secondary N) is 1. The standard InChI is InChI=1S/C19H23NO4/c1-15(19(21)22)24-18-9-5-6-16(14-18)10-11-20-12-13-23-17-7-3-2-4-8-17/h2-9,14-15,20H,10-13H2,1H3,(H,21,22). The normalized spacial score (nSPS) is 11.7. The maximum Gasteiger partial charge on any atom is 0.344 e. The van der Waals surface area contributed by atoms with E-state index in [0.29, 0.717) is 12.4 Å². The molecule has 1 atom stereocenters. The van der Waals surface area contributed by atoms with E-state index < -0.39 is 12.1 Å². The van der Waals surface area contributed by atoms with Gasteiger partial charge in [0.25, 0.3) is 0 Å². The van der Waals surface area contributed by atoms with Gasteiger partial charge < -0.3 is 19.9 Å². The van der Waals surface area contributed by atoms with E-state index in [-0.39, 0.29) is 0 Å². The summed E-state index contributed by atoms with van der Waals surface area (Å²) < 4.78 is 11.0. The zero-order chi connectivity index (χ0) is 17.2. The topological polar surface area (TPSA) is 67.8 Å². The van der Waals surface area contributed by atoms with Gasteiger partial charge in [0.05, 0.1) is 0 Å². The van der Waals surface area contributed by atoms with E-state index in [0.717, 1.165) is 30.8 Å². The third-order valence-corrected chi connectivity index (χ3v) is 3.44. The Hall–Kier alpha value is -2.53. The van der Waals surface area contributed by atoms with Crippen LogP contribution in [0.25, 0.3) is 0 Å². The van der Waals surface area contributed by atoms with Gasteiger partial charge in [-0.05, 0) is 49.7 Å². The highest BCUT2D eigenvalue weighted by molar-refractivity contribution is 5.72. The van der Waals surface area contributed by atoms with Gasteiger partial charge in [-0.15, -0.1) is 0 Å². The minimum atomic E-state index is -0.972. The zero-order valence-electron chi connectivity index (χ0n) is 13.8. The first-order valence-electron chi connectivity index (χ1n) is 8.02. The average Bonchev–Trinajstić information content (AvgIpc) is 2.59. The van der Waals surface area contributed by atoms with E-state index >= 15 is 0 Å². The molecule has 0 spiro atoms. The molecule has 0 saturated heterocycles. The van der Waals surface area contributed by atoms with Crippen LogP contribution < -0.4 is 14.8 Å². The Morgan fingerprint density at radius 3 is 2.58 bits per heavy atom. The van der Waals surface area contributed by atoms with Gasteiger partial charge in [0.1, 0.15) is 18.1 Å². The predicted molar refractivity (Wildman–Crippen MR) is 92.7 cm³/mol. The van der Waals surface area contributed by atoms with Gasteiger partial charge in [-0.25, -0.2) is 4.79 Å². The summed E-state index contributed by atoms with van der Waals surface area (Å²) in [4.78, 5) is 10.8. The van der Waals surface area contributed by atoms with Gasteiger partial charge >= 0.3 is 5.97 Å². The Labute approximate surface area is 142 Å². The van der Waals surface area contributed by atoms with Crippen molar-refractivity contribution in [1.82, 2.24) is 5.32 Å². The van der Waals surface area contributed by atoms with Crippen LogP contribution in [0.1, 0.15) is 12.5 Å². The SMILES string of the molecule is CC(Oc1cccc(CCNCCOc2ccccc2)c1)C(=O)O. The van der Waals surface area contributed by atoms with E-state index in [2.05, 4.69) is 5.32 Å². The van der Waals surface area contributed by atoms with Gasteiger partial charge in [0.15, 0.2) is 6.10 Å². The van der Waals surface area contributed by atoms with Crippen LogP contribution in [0.3, 0.4) is 0 Å². The highest BCUT2D eigenvalue weighted by Crippen LogP contribution is 2.15. The molecule has 2 rings (SSSR count). The van der Waals surface area contributed by atoms with Gasteiger partial charge in [-0.3, -0.25) is 0 Å². The second-order valence-corrected chi connectivity index (χ2v) is 5.41. The van der Waals surface area contributed by atoms with Crippen molar-refractivity contribution in [3.63, 3.8) is 0 Å². The quantitative estimate of drug-likeness (QED) is 0.656. The summed E-state index contributed by atoms with van der Waals surface area (Å²) >= 11 is 0. The van der Waals surface area contributed by atoms with Gasteiger partial charge in [-0.2, -0.15) is 0 Å². The number of aliphatic carboxylic acids is 1. The molecule has 0 aliphatic heterocycles. The lowest BCUT2D eigenvalue weighted by molar-refractivity contribution is -0.144. The van der Waals surface area contributed by atoms with Crippen molar-refractivity contribution in [3.8, 4) is 11.5 Å². The molecule has 0 bridgehead atoms. The third kappa shape index (κ3) is 6.30. The minimum Gasteiger partial charge on any atom is -0.492 e. The second-order valence-electron chi connectivity index (χ2n) is 5.41. The Balaban J connectivity index is 1.66. The fourth-order valence-corrected chi connectivity index (χ4v) is 2.14. The van der Waals surface area contributed by atoms with Crippen LogP contribution in [0, 0.1) is 0 Å². The first-order chi connectivity index (χ1) is 11.6. The molecule has 2 N–H and O–H groups in total. The molecular formula is C19H23NO4. The Kier molecular flexibility index (Phi) is 7.11.